The third kappa shape index (κ3) is 1.70. The molecule has 1 heterocycles. The predicted molar refractivity (Wildman–Crippen MR) is 43.2 cm³/mol. The molecule has 4 nitrogen and oxygen atoms in total. The summed E-state index contributed by atoms with van der Waals surface area (Å²) in [5.41, 5.74) is -0.783. The molecule has 1 aliphatic heterocycles. The number of nitriles is 1. The van der Waals surface area contributed by atoms with E-state index < -0.39 is 5.54 Å². The first kappa shape index (κ1) is 8.92. The minimum Gasteiger partial charge on any atom is -0.306 e. The molecule has 0 aromatic carbocycles. The van der Waals surface area contributed by atoms with Gasteiger partial charge in [-0.2, -0.15) is 10.3 Å². The lowest BCUT2D eigenvalue weighted by molar-refractivity contribution is 0.225. The molecule has 0 bridgehead atoms. The van der Waals surface area contributed by atoms with Crippen molar-refractivity contribution in [2.75, 3.05) is 20.1 Å². The van der Waals surface area contributed by atoms with Gasteiger partial charge in [-0.25, -0.2) is 4.79 Å². The van der Waals surface area contributed by atoms with E-state index in [1.807, 2.05) is 7.05 Å². The lowest BCUT2D eigenvalue weighted by atomic mass is 9.90. The summed E-state index contributed by atoms with van der Waals surface area (Å²) >= 11 is 0. The van der Waals surface area contributed by atoms with Crippen LogP contribution in [-0.2, 0) is 4.79 Å². The largest absolute Gasteiger partial charge is 0.306 e. The summed E-state index contributed by atoms with van der Waals surface area (Å²) in [4.78, 5) is 15.8. The number of likely N-dealkylation sites (tertiary alicyclic amines) is 1. The van der Waals surface area contributed by atoms with E-state index in [0.29, 0.717) is 12.8 Å². The monoisotopic (exact) mass is 165 g/mol. The number of nitrogens with zero attached hydrogens (tertiary/aromatic N) is 3. The lowest BCUT2D eigenvalue weighted by Gasteiger charge is -2.31. The molecular weight excluding hydrogens is 154 g/mol. The molecule has 0 N–H and O–H groups in total. The molecule has 1 fully saturated rings. The maximum absolute atomic E-state index is 10.1. The molecule has 4 heteroatoms. The van der Waals surface area contributed by atoms with E-state index in [1.165, 1.54) is 6.08 Å². The summed E-state index contributed by atoms with van der Waals surface area (Å²) in [5.74, 6) is 0. The summed E-state index contributed by atoms with van der Waals surface area (Å²) < 4.78 is 0. The quantitative estimate of drug-likeness (QED) is 0.415. The Balaban J connectivity index is 2.71. The van der Waals surface area contributed by atoms with Gasteiger partial charge in [-0.15, -0.1) is 0 Å². The summed E-state index contributed by atoms with van der Waals surface area (Å²) in [7, 11) is 1.99. The first-order chi connectivity index (χ1) is 5.72. The van der Waals surface area contributed by atoms with Crippen LogP contribution in [0.4, 0.5) is 0 Å². The zero-order chi connectivity index (χ0) is 9.03. The number of isocyanates is 1. The van der Waals surface area contributed by atoms with Crippen molar-refractivity contribution in [3.05, 3.63) is 0 Å². The molecule has 0 amide bonds. The van der Waals surface area contributed by atoms with Crippen LogP contribution in [0, 0.1) is 11.3 Å². The molecule has 0 spiro atoms. The highest BCUT2D eigenvalue weighted by atomic mass is 16.1. The number of hydrogen-bond acceptors (Lipinski definition) is 4. The fourth-order valence-electron chi connectivity index (χ4n) is 1.32. The highest BCUT2D eigenvalue weighted by Crippen LogP contribution is 2.24. The molecule has 0 radical (unpaired) electrons. The van der Waals surface area contributed by atoms with Crippen LogP contribution in [0.5, 0.6) is 0 Å². The van der Waals surface area contributed by atoms with E-state index in [1.54, 1.807) is 0 Å². The van der Waals surface area contributed by atoms with Gasteiger partial charge >= 0.3 is 0 Å². The second kappa shape index (κ2) is 3.48. The van der Waals surface area contributed by atoms with E-state index in [9.17, 15) is 4.79 Å². The van der Waals surface area contributed by atoms with Crippen molar-refractivity contribution in [1.29, 1.82) is 5.26 Å². The maximum Gasteiger partial charge on any atom is 0.236 e. The number of rotatable bonds is 1. The van der Waals surface area contributed by atoms with E-state index in [2.05, 4.69) is 16.0 Å². The third-order valence-electron chi connectivity index (χ3n) is 2.28. The molecule has 12 heavy (non-hydrogen) atoms. The van der Waals surface area contributed by atoms with Crippen LogP contribution in [-0.4, -0.2) is 36.7 Å². The number of piperidine rings is 1. The molecule has 1 saturated heterocycles. The molecule has 1 aliphatic rings. The maximum atomic E-state index is 10.1. The van der Waals surface area contributed by atoms with Crippen LogP contribution in [0.15, 0.2) is 4.99 Å². The summed E-state index contributed by atoms with van der Waals surface area (Å²) in [6.07, 6.45) is 2.75. The minimum atomic E-state index is -0.783. The standard InChI is InChI=1S/C8H11N3O/c1-11-4-2-8(6-9,3-5-11)10-7-12/h2-5H2,1H3. The van der Waals surface area contributed by atoms with Crippen molar-refractivity contribution >= 4 is 6.08 Å². The van der Waals surface area contributed by atoms with Crippen molar-refractivity contribution in [3.63, 3.8) is 0 Å². The third-order valence-corrected chi connectivity index (χ3v) is 2.28. The van der Waals surface area contributed by atoms with Gasteiger partial charge in [-0.05, 0) is 19.9 Å². The number of aliphatic imine (C=N–C) groups is 1. The molecule has 1 rings (SSSR count). The smallest absolute Gasteiger partial charge is 0.236 e. The van der Waals surface area contributed by atoms with Gasteiger partial charge in [-0.1, -0.05) is 0 Å². The topological polar surface area (TPSA) is 56.5 Å². The summed E-state index contributed by atoms with van der Waals surface area (Å²) in [5, 5.41) is 8.82. The van der Waals surface area contributed by atoms with E-state index in [4.69, 9.17) is 5.26 Å². The molecule has 0 aliphatic carbocycles. The van der Waals surface area contributed by atoms with Crippen LogP contribution in [0.25, 0.3) is 0 Å². The summed E-state index contributed by atoms with van der Waals surface area (Å²) in [6, 6.07) is 2.08. The van der Waals surface area contributed by atoms with Crippen molar-refractivity contribution < 1.29 is 4.79 Å². The molecule has 0 aromatic rings. The Bertz CT molecular complexity index is 242. The molecule has 0 aromatic heterocycles. The zero-order valence-corrected chi connectivity index (χ0v) is 7.08. The van der Waals surface area contributed by atoms with Crippen molar-refractivity contribution in [1.82, 2.24) is 4.90 Å². The Labute approximate surface area is 71.5 Å². The van der Waals surface area contributed by atoms with Gasteiger partial charge in [0.2, 0.25) is 6.08 Å². The van der Waals surface area contributed by atoms with E-state index >= 15 is 0 Å². The normalized spacial score (nSPS) is 22.3. The summed E-state index contributed by atoms with van der Waals surface area (Å²) in [6.45, 7) is 1.64. The number of hydrogen-bond donors (Lipinski definition) is 0. The van der Waals surface area contributed by atoms with Crippen LogP contribution in [0.2, 0.25) is 0 Å². The fraction of sp³-hybridized carbons (Fsp3) is 0.750. The molecule has 0 atom stereocenters. The van der Waals surface area contributed by atoms with Gasteiger partial charge in [0, 0.05) is 13.1 Å². The minimum absolute atomic E-state index is 0.634. The van der Waals surface area contributed by atoms with E-state index in [0.717, 1.165) is 13.1 Å². The van der Waals surface area contributed by atoms with Gasteiger partial charge in [0.05, 0.1) is 6.07 Å². The Morgan fingerprint density at radius 1 is 1.50 bits per heavy atom. The van der Waals surface area contributed by atoms with E-state index in [-0.39, 0.29) is 0 Å². The van der Waals surface area contributed by atoms with Crippen LogP contribution >= 0.6 is 0 Å². The number of carbonyl (C=O) groups excluding carboxylic acids is 1. The van der Waals surface area contributed by atoms with Gasteiger partial charge < -0.3 is 4.90 Å². The molecule has 64 valence electrons. The van der Waals surface area contributed by atoms with Crippen LogP contribution in [0.1, 0.15) is 12.8 Å². The van der Waals surface area contributed by atoms with Gasteiger partial charge in [0.1, 0.15) is 0 Å². The Morgan fingerprint density at radius 3 is 2.50 bits per heavy atom. The molecule has 0 saturated carbocycles. The second-order valence-corrected chi connectivity index (χ2v) is 3.15. The van der Waals surface area contributed by atoms with Gasteiger partial charge in [-0.3, -0.25) is 0 Å². The highest BCUT2D eigenvalue weighted by molar-refractivity contribution is 5.37. The van der Waals surface area contributed by atoms with Gasteiger partial charge in [0.15, 0.2) is 5.54 Å². The SMILES string of the molecule is CN1CCC(C#N)(N=C=O)CC1. The molecular formula is C8H11N3O. The average molecular weight is 165 g/mol. The first-order valence-corrected chi connectivity index (χ1v) is 3.91. The van der Waals surface area contributed by atoms with Crippen molar-refractivity contribution in [2.24, 2.45) is 4.99 Å². The predicted octanol–water partition coefficient (Wildman–Crippen LogP) is 0.310. The average Bonchev–Trinajstić information content (AvgIpc) is 2.10. The fourth-order valence-corrected chi connectivity index (χ4v) is 1.32. The van der Waals surface area contributed by atoms with Gasteiger partial charge in [0.25, 0.3) is 0 Å². The van der Waals surface area contributed by atoms with Crippen LogP contribution < -0.4 is 0 Å². The van der Waals surface area contributed by atoms with Crippen molar-refractivity contribution in [3.8, 4) is 6.07 Å². The first-order valence-electron chi connectivity index (χ1n) is 3.91. The Morgan fingerprint density at radius 2 is 2.08 bits per heavy atom. The zero-order valence-electron chi connectivity index (χ0n) is 7.08. The molecule has 0 unspecified atom stereocenters. The Hall–Kier alpha value is -1.17. The van der Waals surface area contributed by atoms with Crippen LogP contribution in [0.3, 0.4) is 0 Å². The Kier molecular flexibility index (Phi) is 2.59. The van der Waals surface area contributed by atoms with Crippen molar-refractivity contribution in [2.45, 2.75) is 18.4 Å². The highest BCUT2D eigenvalue weighted by Gasteiger charge is 2.33. The second-order valence-electron chi connectivity index (χ2n) is 3.15. The lowest BCUT2D eigenvalue weighted by Crippen LogP contribution is -2.40.